The quantitative estimate of drug-likeness (QED) is 0.944. The molecule has 1 atom stereocenters. The fourth-order valence-corrected chi connectivity index (χ4v) is 3.73. The highest BCUT2D eigenvalue weighted by Gasteiger charge is 2.26. The Balaban J connectivity index is 1.42. The van der Waals surface area contributed by atoms with Crippen LogP contribution in [0.2, 0.25) is 0 Å². The molecule has 0 saturated carbocycles. The van der Waals surface area contributed by atoms with Gasteiger partial charge in [0, 0.05) is 31.1 Å². The largest absolute Gasteiger partial charge is 0.493 e. The van der Waals surface area contributed by atoms with Crippen LogP contribution in [0.15, 0.2) is 24.3 Å². The number of carbonyl (C=O) groups excluding carboxylic acids is 1. The lowest BCUT2D eigenvalue weighted by atomic mass is 9.94. The number of rotatable bonds is 3. The fraction of sp³-hybridized carbons (Fsp3) is 0.474. The summed E-state index contributed by atoms with van der Waals surface area (Å²) in [4.78, 5) is 14.7. The number of likely N-dealkylation sites (tertiary alicyclic amines) is 1. The van der Waals surface area contributed by atoms with E-state index in [1.54, 1.807) is 0 Å². The molecule has 0 unspecified atom stereocenters. The molecule has 2 aliphatic heterocycles. The number of hydrogen-bond donors (Lipinski definition) is 1. The standard InChI is InChI=1S/C19H23N3O2/c1-13-9-17(21-20-13)16-3-2-7-22(12-16)19(23)11-14-4-5-18-15(10-14)6-8-24-18/h4-5,9-10,16H,2-3,6-8,11-12H2,1H3,(H,20,21)/t16-/m1/s1. The van der Waals surface area contributed by atoms with Gasteiger partial charge >= 0.3 is 0 Å². The Morgan fingerprint density at radius 1 is 1.42 bits per heavy atom. The van der Waals surface area contributed by atoms with Gasteiger partial charge in [-0.25, -0.2) is 0 Å². The van der Waals surface area contributed by atoms with E-state index in [0.29, 0.717) is 12.3 Å². The molecule has 2 aliphatic rings. The van der Waals surface area contributed by atoms with E-state index >= 15 is 0 Å². The average Bonchev–Trinajstić information content (AvgIpc) is 3.23. The van der Waals surface area contributed by atoms with Crippen molar-refractivity contribution in [1.82, 2.24) is 15.1 Å². The molecule has 1 N–H and O–H groups in total. The van der Waals surface area contributed by atoms with E-state index in [1.165, 1.54) is 5.56 Å². The van der Waals surface area contributed by atoms with Gasteiger partial charge in [0.2, 0.25) is 5.91 Å². The summed E-state index contributed by atoms with van der Waals surface area (Å²) >= 11 is 0. The molecule has 1 aromatic carbocycles. The smallest absolute Gasteiger partial charge is 0.227 e. The Kier molecular flexibility index (Phi) is 4.00. The molecule has 1 aromatic heterocycles. The second-order valence-electron chi connectivity index (χ2n) is 6.87. The molecule has 24 heavy (non-hydrogen) atoms. The van der Waals surface area contributed by atoms with Gasteiger partial charge in [-0.15, -0.1) is 0 Å². The number of aryl methyl sites for hydroxylation is 1. The number of amides is 1. The number of aromatic amines is 1. The van der Waals surface area contributed by atoms with Gasteiger partial charge in [0.25, 0.3) is 0 Å². The molecule has 1 amide bonds. The minimum atomic E-state index is 0.214. The maximum absolute atomic E-state index is 12.7. The Morgan fingerprint density at radius 2 is 2.33 bits per heavy atom. The molecule has 126 valence electrons. The van der Waals surface area contributed by atoms with Crippen LogP contribution >= 0.6 is 0 Å². The maximum atomic E-state index is 12.7. The van der Waals surface area contributed by atoms with E-state index in [-0.39, 0.29) is 5.91 Å². The van der Waals surface area contributed by atoms with E-state index < -0.39 is 0 Å². The van der Waals surface area contributed by atoms with Gasteiger partial charge < -0.3 is 9.64 Å². The molecule has 0 radical (unpaired) electrons. The summed E-state index contributed by atoms with van der Waals surface area (Å²) in [7, 11) is 0. The van der Waals surface area contributed by atoms with E-state index in [9.17, 15) is 4.79 Å². The van der Waals surface area contributed by atoms with Crippen LogP contribution in [-0.2, 0) is 17.6 Å². The van der Waals surface area contributed by atoms with Gasteiger partial charge in [0.15, 0.2) is 0 Å². The summed E-state index contributed by atoms with van der Waals surface area (Å²) in [6.45, 7) is 4.40. The Bertz CT molecular complexity index is 753. The summed E-state index contributed by atoms with van der Waals surface area (Å²) in [6, 6.07) is 8.23. The molecule has 3 heterocycles. The van der Waals surface area contributed by atoms with Crippen LogP contribution in [0, 0.1) is 6.92 Å². The van der Waals surface area contributed by atoms with Gasteiger partial charge in [-0.2, -0.15) is 5.10 Å². The third-order valence-electron chi connectivity index (χ3n) is 5.03. The van der Waals surface area contributed by atoms with Crippen LogP contribution < -0.4 is 4.74 Å². The second kappa shape index (κ2) is 6.30. The van der Waals surface area contributed by atoms with Crippen molar-refractivity contribution >= 4 is 5.91 Å². The molecule has 4 rings (SSSR count). The molecule has 0 aliphatic carbocycles. The van der Waals surface area contributed by atoms with Crippen molar-refractivity contribution in [3.8, 4) is 5.75 Å². The highest BCUT2D eigenvalue weighted by Crippen LogP contribution is 2.28. The maximum Gasteiger partial charge on any atom is 0.227 e. The van der Waals surface area contributed by atoms with E-state index in [1.807, 2.05) is 24.0 Å². The van der Waals surface area contributed by atoms with Gasteiger partial charge in [-0.1, -0.05) is 12.1 Å². The monoisotopic (exact) mass is 325 g/mol. The fourth-order valence-electron chi connectivity index (χ4n) is 3.73. The lowest BCUT2D eigenvalue weighted by Crippen LogP contribution is -2.40. The molecular formula is C19H23N3O2. The predicted octanol–water partition coefficient (Wildman–Crippen LogP) is 2.60. The van der Waals surface area contributed by atoms with Crippen molar-refractivity contribution < 1.29 is 9.53 Å². The van der Waals surface area contributed by atoms with Crippen molar-refractivity contribution in [1.29, 1.82) is 0 Å². The first-order valence-corrected chi connectivity index (χ1v) is 8.73. The van der Waals surface area contributed by atoms with Crippen LogP contribution in [0.3, 0.4) is 0 Å². The number of H-pyrrole nitrogens is 1. The highest BCUT2D eigenvalue weighted by molar-refractivity contribution is 5.79. The first-order chi connectivity index (χ1) is 11.7. The number of aromatic nitrogens is 2. The summed E-state index contributed by atoms with van der Waals surface area (Å²) in [5, 5.41) is 7.39. The predicted molar refractivity (Wildman–Crippen MR) is 91.2 cm³/mol. The highest BCUT2D eigenvalue weighted by atomic mass is 16.5. The van der Waals surface area contributed by atoms with E-state index in [0.717, 1.165) is 61.7 Å². The van der Waals surface area contributed by atoms with Crippen LogP contribution in [0.4, 0.5) is 0 Å². The Labute approximate surface area is 142 Å². The number of fused-ring (bicyclic) bond motifs is 1. The molecule has 5 nitrogen and oxygen atoms in total. The zero-order valence-corrected chi connectivity index (χ0v) is 14.0. The van der Waals surface area contributed by atoms with Crippen LogP contribution in [0.1, 0.15) is 41.3 Å². The number of carbonyl (C=O) groups is 1. The van der Waals surface area contributed by atoms with E-state index in [2.05, 4.69) is 22.3 Å². The SMILES string of the molecule is Cc1cc([C@@H]2CCCN(C(=O)Cc3ccc4c(c3)CCO4)C2)n[nH]1. The molecule has 1 saturated heterocycles. The number of nitrogens with one attached hydrogen (secondary N) is 1. The molecule has 2 aromatic rings. The van der Waals surface area contributed by atoms with Crippen molar-refractivity contribution in [3.05, 3.63) is 46.8 Å². The summed E-state index contributed by atoms with van der Waals surface area (Å²) < 4.78 is 5.53. The van der Waals surface area contributed by atoms with Crippen molar-refractivity contribution in [2.45, 2.75) is 38.5 Å². The summed E-state index contributed by atoms with van der Waals surface area (Å²) in [5.41, 5.74) is 4.47. The molecule has 0 spiro atoms. The van der Waals surface area contributed by atoms with E-state index in [4.69, 9.17) is 4.74 Å². The van der Waals surface area contributed by atoms with Crippen molar-refractivity contribution in [3.63, 3.8) is 0 Å². The first kappa shape index (κ1) is 15.2. The number of benzene rings is 1. The molecule has 5 heteroatoms. The summed E-state index contributed by atoms with van der Waals surface area (Å²) in [6.07, 6.45) is 3.56. The third-order valence-corrected chi connectivity index (χ3v) is 5.03. The number of nitrogens with zero attached hydrogens (tertiary/aromatic N) is 2. The first-order valence-electron chi connectivity index (χ1n) is 8.73. The summed E-state index contributed by atoms with van der Waals surface area (Å²) in [5.74, 6) is 1.53. The number of ether oxygens (including phenoxy) is 1. The molecule has 1 fully saturated rings. The van der Waals surface area contributed by atoms with Crippen LogP contribution in [0.25, 0.3) is 0 Å². The third kappa shape index (κ3) is 3.03. The van der Waals surface area contributed by atoms with Crippen molar-refractivity contribution in [2.75, 3.05) is 19.7 Å². The lowest BCUT2D eigenvalue weighted by Gasteiger charge is -2.32. The van der Waals surface area contributed by atoms with Crippen LogP contribution in [0.5, 0.6) is 5.75 Å². The van der Waals surface area contributed by atoms with Gasteiger partial charge in [-0.05, 0) is 43.0 Å². The van der Waals surface area contributed by atoms with Crippen molar-refractivity contribution in [2.24, 2.45) is 0 Å². The topological polar surface area (TPSA) is 58.2 Å². The van der Waals surface area contributed by atoms with Crippen LogP contribution in [-0.4, -0.2) is 40.7 Å². The molecular weight excluding hydrogens is 302 g/mol. The number of hydrogen-bond acceptors (Lipinski definition) is 3. The second-order valence-corrected chi connectivity index (χ2v) is 6.87. The minimum Gasteiger partial charge on any atom is -0.493 e. The normalized spacial score (nSPS) is 19.9. The Morgan fingerprint density at radius 3 is 3.17 bits per heavy atom. The zero-order chi connectivity index (χ0) is 16.5. The average molecular weight is 325 g/mol. The number of piperidine rings is 1. The van der Waals surface area contributed by atoms with Gasteiger partial charge in [-0.3, -0.25) is 9.89 Å². The minimum absolute atomic E-state index is 0.214. The lowest BCUT2D eigenvalue weighted by molar-refractivity contribution is -0.131. The molecule has 0 bridgehead atoms. The van der Waals surface area contributed by atoms with Gasteiger partial charge in [0.05, 0.1) is 18.7 Å². The Hall–Kier alpha value is -2.30. The zero-order valence-electron chi connectivity index (χ0n) is 14.0. The van der Waals surface area contributed by atoms with Gasteiger partial charge in [0.1, 0.15) is 5.75 Å².